The van der Waals surface area contributed by atoms with Crippen LogP contribution in [-0.4, -0.2) is 35.1 Å². The zero-order valence-corrected chi connectivity index (χ0v) is 17.8. The lowest BCUT2D eigenvalue weighted by molar-refractivity contribution is -0.141. The summed E-state index contributed by atoms with van der Waals surface area (Å²) in [6, 6.07) is 8.19. The van der Waals surface area contributed by atoms with Crippen LogP contribution in [0.15, 0.2) is 35.4 Å². The van der Waals surface area contributed by atoms with Crippen molar-refractivity contribution in [1.29, 1.82) is 0 Å². The fourth-order valence-corrected chi connectivity index (χ4v) is 4.08. The number of hydrogen-bond acceptors (Lipinski definition) is 5. The number of benzene rings is 1. The standard InChI is InChI=1S/C19H16ClF3N6S/c1-4-30-18-14(25-15(29(18)3)10-5-7-11(20)8-6-10)17-24-12-9-13(19(21,22)23)26-27-16(12)28(17)2/h5-9H,4H2,1-3H3. The molecule has 156 valence electrons. The van der Waals surface area contributed by atoms with Gasteiger partial charge in [-0.05, 0) is 30.0 Å². The van der Waals surface area contributed by atoms with Crippen molar-refractivity contribution < 1.29 is 13.2 Å². The molecule has 0 bridgehead atoms. The molecule has 1 aromatic carbocycles. The van der Waals surface area contributed by atoms with Gasteiger partial charge >= 0.3 is 6.18 Å². The third kappa shape index (κ3) is 3.54. The van der Waals surface area contributed by atoms with Crippen molar-refractivity contribution >= 4 is 34.5 Å². The Morgan fingerprint density at radius 2 is 1.70 bits per heavy atom. The summed E-state index contributed by atoms with van der Waals surface area (Å²) in [5.74, 6) is 1.91. The summed E-state index contributed by atoms with van der Waals surface area (Å²) in [5, 5.41) is 8.51. The number of nitrogens with zero attached hydrogens (tertiary/aromatic N) is 6. The van der Waals surface area contributed by atoms with Gasteiger partial charge in [0.1, 0.15) is 22.1 Å². The third-order valence-corrected chi connectivity index (χ3v) is 5.83. The SMILES string of the molecule is CCSc1c(-c2nc3cc(C(F)(F)F)nnc3n2C)nc(-c2ccc(Cl)cc2)n1C. The van der Waals surface area contributed by atoms with Gasteiger partial charge in [-0.3, -0.25) is 0 Å². The van der Waals surface area contributed by atoms with E-state index in [1.54, 1.807) is 35.5 Å². The second-order valence-corrected chi connectivity index (χ2v) is 8.21. The van der Waals surface area contributed by atoms with Crippen molar-refractivity contribution in [2.24, 2.45) is 14.1 Å². The zero-order valence-electron chi connectivity index (χ0n) is 16.2. The maximum absolute atomic E-state index is 13.0. The molecule has 0 unspecified atom stereocenters. The zero-order chi connectivity index (χ0) is 21.6. The minimum atomic E-state index is -4.59. The highest BCUT2D eigenvalue weighted by molar-refractivity contribution is 7.99. The number of aryl methyl sites for hydroxylation is 1. The highest BCUT2D eigenvalue weighted by Crippen LogP contribution is 2.36. The second kappa shape index (κ2) is 7.59. The van der Waals surface area contributed by atoms with Gasteiger partial charge in [0.05, 0.1) is 0 Å². The Balaban J connectivity index is 1.91. The first-order valence-electron chi connectivity index (χ1n) is 8.94. The summed E-state index contributed by atoms with van der Waals surface area (Å²) in [7, 11) is 3.58. The maximum atomic E-state index is 13.0. The molecule has 0 aliphatic carbocycles. The lowest BCUT2D eigenvalue weighted by Gasteiger charge is -2.06. The molecule has 30 heavy (non-hydrogen) atoms. The molecule has 3 aromatic heterocycles. The van der Waals surface area contributed by atoms with E-state index in [9.17, 15) is 13.2 Å². The molecule has 3 heterocycles. The maximum Gasteiger partial charge on any atom is 0.435 e. The summed E-state index contributed by atoms with van der Waals surface area (Å²) in [6.45, 7) is 2.01. The molecule has 0 N–H and O–H groups in total. The summed E-state index contributed by atoms with van der Waals surface area (Å²) < 4.78 is 42.6. The molecule has 0 aliphatic rings. The first-order chi connectivity index (χ1) is 14.2. The number of thioether (sulfide) groups is 1. The predicted molar refractivity (Wildman–Crippen MR) is 110 cm³/mol. The average Bonchev–Trinajstić information content (AvgIpc) is 3.19. The molecule has 11 heteroatoms. The van der Waals surface area contributed by atoms with E-state index >= 15 is 0 Å². The number of rotatable bonds is 4. The third-order valence-electron chi connectivity index (χ3n) is 4.55. The minimum absolute atomic E-state index is 0.112. The molecule has 6 nitrogen and oxygen atoms in total. The van der Waals surface area contributed by atoms with Gasteiger partial charge in [-0.2, -0.15) is 13.2 Å². The summed E-state index contributed by atoms with van der Waals surface area (Å²) in [6.07, 6.45) is -4.59. The molecule has 0 spiro atoms. The van der Waals surface area contributed by atoms with Crippen LogP contribution in [0.5, 0.6) is 0 Å². The van der Waals surface area contributed by atoms with Crippen molar-refractivity contribution in [2.75, 3.05) is 5.75 Å². The first-order valence-corrected chi connectivity index (χ1v) is 10.3. The van der Waals surface area contributed by atoms with Crippen molar-refractivity contribution in [3.8, 4) is 22.9 Å². The Morgan fingerprint density at radius 1 is 1.00 bits per heavy atom. The van der Waals surface area contributed by atoms with E-state index in [0.717, 1.165) is 22.4 Å². The Labute approximate surface area is 179 Å². The lowest BCUT2D eigenvalue weighted by Crippen LogP contribution is -2.09. The van der Waals surface area contributed by atoms with Crippen molar-refractivity contribution in [2.45, 2.75) is 18.1 Å². The normalized spacial score (nSPS) is 12.1. The van der Waals surface area contributed by atoms with Crippen LogP contribution in [0, 0.1) is 0 Å². The molecule has 0 amide bonds. The van der Waals surface area contributed by atoms with Gasteiger partial charge in [0, 0.05) is 30.7 Å². The lowest BCUT2D eigenvalue weighted by atomic mass is 10.2. The van der Waals surface area contributed by atoms with Gasteiger partial charge in [0.2, 0.25) is 0 Å². The highest BCUT2D eigenvalue weighted by atomic mass is 35.5. The van der Waals surface area contributed by atoms with Crippen LogP contribution in [0.25, 0.3) is 34.1 Å². The van der Waals surface area contributed by atoms with Crippen molar-refractivity contribution in [3.63, 3.8) is 0 Å². The first kappa shape index (κ1) is 20.7. The smallest absolute Gasteiger partial charge is 0.322 e. The van der Waals surface area contributed by atoms with Crippen molar-refractivity contribution in [3.05, 3.63) is 41.0 Å². The van der Waals surface area contributed by atoms with Crippen LogP contribution in [0.2, 0.25) is 5.02 Å². The van der Waals surface area contributed by atoms with Crippen LogP contribution in [0.3, 0.4) is 0 Å². The number of alkyl halides is 3. The molecule has 0 saturated heterocycles. The fraction of sp³-hybridized carbons (Fsp3) is 0.263. The van der Waals surface area contributed by atoms with E-state index in [1.165, 1.54) is 0 Å². The molecular formula is C19H16ClF3N6S. The largest absolute Gasteiger partial charge is 0.435 e. The summed E-state index contributed by atoms with van der Waals surface area (Å²) in [4.78, 5) is 9.18. The van der Waals surface area contributed by atoms with E-state index < -0.39 is 11.9 Å². The Hall–Kier alpha value is -2.59. The van der Waals surface area contributed by atoms with Crippen LogP contribution in [0.4, 0.5) is 13.2 Å². The number of halogens is 4. The average molecular weight is 453 g/mol. The quantitative estimate of drug-likeness (QED) is 0.397. The Kier molecular flexibility index (Phi) is 5.23. The molecule has 4 aromatic rings. The van der Waals surface area contributed by atoms with E-state index in [0.29, 0.717) is 22.4 Å². The monoisotopic (exact) mass is 452 g/mol. The number of imidazole rings is 2. The molecule has 4 rings (SSSR count). The molecule has 0 saturated carbocycles. The van der Waals surface area contributed by atoms with E-state index in [4.69, 9.17) is 16.6 Å². The fourth-order valence-electron chi connectivity index (χ4n) is 3.12. The van der Waals surface area contributed by atoms with Gasteiger partial charge in [-0.1, -0.05) is 18.5 Å². The number of aromatic nitrogens is 6. The Morgan fingerprint density at radius 3 is 2.33 bits per heavy atom. The van der Waals surface area contributed by atoms with Crippen LogP contribution in [0.1, 0.15) is 12.6 Å². The van der Waals surface area contributed by atoms with Crippen molar-refractivity contribution in [1.82, 2.24) is 29.3 Å². The number of hydrogen-bond donors (Lipinski definition) is 0. The highest BCUT2D eigenvalue weighted by Gasteiger charge is 2.34. The van der Waals surface area contributed by atoms with Crippen LogP contribution in [-0.2, 0) is 20.3 Å². The predicted octanol–water partition coefficient (Wildman–Crippen LogP) is 5.22. The second-order valence-electron chi connectivity index (χ2n) is 6.52. The molecule has 0 aliphatic heterocycles. The molecular weight excluding hydrogens is 437 g/mol. The molecule has 0 fully saturated rings. The van der Waals surface area contributed by atoms with Gasteiger partial charge in [0.15, 0.2) is 17.2 Å². The molecule has 0 radical (unpaired) electrons. The Bertz CT molecular complexity index is 1230. The minimum Gasteiger partial charge on any atom is -0.322 e. The summed E-state index contributed by atoms with van der Waals surface area (Å²) >= 11 is 7.57. The van der Waals surface area contributed by atoms with Gasteiger partial charge in [-0.25, -0.2) is 9.97 Å². The number of fused-ring (bicyclic) bond motifs is 1. The van der Waals surface area contributed by atoms with Crippen LogP contribution >= 0.6 is 23.4 Å². The summed E-state index contributed by atoms with van der Waals surface area (Å²) in [5.41, 5.74) is 0.725. The van der Waals surface area contributed by atoms with E-state index in [2.05, 4.69) is 15.2 Å². The van der Waals surface area contributed by atoms with E-state index in [-0.39, 0.29) is 11.2 Å². The van der Waals surface area contributed by atoms with E-state index in [1.807, 2.05) is 30.7 Å². The topological polar surface area (TPSA) is 61.4 Å². The molecule has 0 atom stereocenters. The van der Waals surface area contributed by atoms with Gasteiger partial charge < -0.3 is 9.13 Å². The van der Waals surface area contributed by atoms with Gasteiger partial charge in [-0.15, -0.1) is 22.0 Å². The van der Waals surface area contributed by atoms with Gasteiger partial charge in [0.25, 0.3) is 0 Å². The van der Waals surface area contributed by atoms with Crippen LogP contribution < -0.4 is 0 Å².